The number of aromatic nitrogens is 2. The van der Waals surface area contributed by atoms with Gasteiger partial charge in [-0.1, -0.05) is 194 Å². The molecule has 0 saturated heterocycles. The highest BCUT2D eigenvalue weighted by atomic mass is 15.0. The van der Waals surface area contributed by atoms with Crippen LogP contribution in [0.3, 0.4) is 0 Å². The highest BCUT2D eigenvalue weighted by Gasteiger charge is 2.21. The third-order valence-electron chi connectivity index (χ3n) is 14.1. The largest absolute Gasteiger partial charge is 0.309 e. The van der Waals surface area contributed by atoms with Crippen LogP contribution in [0, 0.1) is 0 Å². The molecule has 14 aromatic rings. The molecule has 2 aromatic heterocycles. The van der Waals surface area contributed by atoms with Crippen LogP contribution >= 0.6 is 0 Å². The molecule has 67 heavy (non-hydrogen) atoms. The zero-order valence-electron chi connectivity index (χ0n) is 36.5. The third kappa shape index (κ3) is 5.87. The fraction of sp³-hybridized carbons (Fsp3) is 0. The minimum Gasteiger partial charge on any atom is -0.309 e. The SMILES string of the molecule is c1ccc(-n2c3ccccc3c3c4c(ccc32)c(-c2ccc(-c3ccc5c(-c6ccc7ccccc7c6)c6ccccc6c(-c6ccc7ccccc7c6)c5c3)cc2)nc2ccccc24)cc1. The average molecular weight is 849 g/mol. The molecule has 0 N–H and O–H groups in total. The smallest absolute Gasteiger partial charge is 0.0788 e. The van der Waals surface area contributed by atoms with Gasteiger partial charge in [0, 0.05) is 38.2 Å². The Kier molecular flexibility index (Phi) is 8.32. The van der Waals surface area contributed by atoms with Crippen molar-refractivity contribution in [2.75, 3.05) is 0 Å². The van der Waals surface area contributed by atoms with E-state index in [1.807, 2.05) is 0 Å². The van der Waals surface area contributed by atoms with E-state index in [9.17, 15) is 0 Å². The van der Waals surface area contributed by atoms with Gasteiger partial charge >= 0.3 is 0 Å². The summed E-state index contributed by atoms with van der Waals surface area (Å²) < 4.78 is 2.40. The summed E-state index contributed by atoms with van der Waals surface area (Å²) in [7, 11) is 0. The van der Waals surface area contributed by atoms with Crippen LogP contribution in [-0.4, -0.2) is 9.55 Å². The summed E-state index contributed by atoms with van der Waals surface area (Å²) >= 11 is 0. The average Bonchev–Trinajstić information content (AvgIpc) is 3.74. The van der Waals surface area contributed by atoms with Crippen LogP contribution in [0.2, 0.25) is 0 Å². The van der Waals surface area contributed by atoms with Gasteiger partial charge < -0.3 is 4.57 Å². The molecular weight excluding hydrogens is 809 g/mol. The molecule has 0 radical (unpaired) electrons. The Hall–Kier alpha value is -8.85. The van der Waals surface area contributed by atoms with Gasteiger partial charge in [0.2, 0.25) is 0 Å². The zero-order valence-corrected chi connectivity index (χ0v) is 36.5. The van der Waals surface area contributed by atoms with Gasteiger partial charge in [0.25, 0.3) is 0 Å². The Labute approximate surface area is 387 Å². The number of para-hydroxylation sites is 3. The van der Waals surface area contributed by atoms with Crippen molar-refractivity contribution in [3.8, 4) is 50.3 Å². The molecule has 0 amide bonds. The van der Waals surface area contributed by atoms with Crippen LogP contribution in [0.1, 0.15) is 0 Å². The van der Waals surface area contributed by atoms with Crippen LogP contribution in [0.15, 0.2) is 243 Å². The van der Waals surface area contributed by atoms with Gasteiger partial charge in [-0.25, -0.2) is 4.98 Å². The maximum Gasteiger partial charge on any atom is 0.0788 e. The van der Waals surface area contributed by atoms with Gasteiger partial charge in [0.05, 0.1) is 22.2 Å². The maximum atomic E-state index is 5.42. The van der Waals surface area contributed by atoms with Crippen molar-refractivity contribution in [3.63, 3.8) is 0 Å². The Bertz CT molecular complexity index is 4310. The van der Waals surface area contributed by atoms with E-state index >= 15 is 0 Å². The van der Waals surface area contributed by atoms with Crippen LogP contribution in [-0.2, 0) is 0 Å². The van der Waals surface area contributed by atoms with Gasteiger partial charge in [-0.05, 0) is 125 Å². The first-order valence-electron chi connectivity index (χ1n) is 23.1. The van der Waals surface area contributed by atoms with E-state index in [0.717, 1.165) is 38.8 Å². The first-order chi connectivity index (χ1) is 33.2. The number of hydrogen-bond acceptors (Lipinski definition) is 1. The Morgan fingerprint density at radius 3 is 1.48 bits per heavy atom. The molecule has 0 saturated carbocycles. The second-order valence-electron chi connectivity index (χ2n) is 17.8. The topological polar surface area (TPSA) is 17.8 Å². The number of fused-ring (bicyclic) bond motifs is 11. The first-order valence-corrected chi connectivity index (χ1v) is 23.1. The van der Waals surface area contributed by atoms with Crippen LogP contribution < -0.4 is 0 Å². The van der Waals surface area contributed by atoms with Gasteiger partial charge in [0.1, 0.15) is 0 Å². The molecule has 0 aliphatic rings. The fourth-order valence-corrected chi connectivity index (χ4v) is 11.1. The number of benzene rings is 12. The summed E-state index contributed by atoms with van der Waals surface area (Å²) in [6, 6.07) is 89.0. The van der Waals surface area contributed by atoms with Crippen molar-refractivity contribution >= 4 is 86.6 Å². The summed E-state index contributed by atoms with van der Waals surface area (Å²) in [6.07, 6.45) is 0. The lowest BCUT2D eigenvalue weighted by Crippen LogP contribution is -1.94. The van der Waals surface area contributed by atoms with Gasteiger partial charge in [-0.3, -0.25) is 0 Å². The van der Waals surface area contributed by atoms with Gasteiger partial charge in [-0.2, -0.15) is 0 Å². The van der Waals surface area contributed by atoms with E-state index < -0.39 is 0 Å². The number of hydrogen-bond donors (Lipinski definition) is 0. The lowest BCUT2D eigenvalue weighted by Gasteiger charge is -2.19. The fourth-order valence-electron chi connectivity index (χ4n) is 11.1. The number of pyridine rings is 1. The van der Waals surface area contributed by atoms with Crippen molar-refractivity contribution in [2.45, 2.75) is 0 Å². The lowest BCUT2D eigenvalue weighted by molar-refractivity contribution is 1.18. The predicted octanol–water partition coefficient (Wildman–Crippen LogP) is 17.8. The van der Waals surface area contributed by atoms with E-state index in [4.69, 9.17) is 4.98 Å². The van der Waals surface area contributed by atoms with Crippen molar-refractivity contribution in [3.05, 3.63) is 243 Å². The van der Waals surface area contributed by atoms with E-state index in [1.165, 1.54) is 98.1 Å². The molecule has 0 aliphatic carbocycles. The van der Waals surface area contributed by atoms with E-state index in [1.54, 1.807) is 0 Å². The van der Waals surface area contributed by atoms with Crippen molar-refractivity contribution in [1.82, 2.24) is 9.55 Å². The number of rotatable bonds is 5. The quantitative estimate of drug-likeness (QED) is 0.125. The zero-order chi connectivity index (χ0) is 44.0. The monoisotopic (exact) mass is 848 g/mol. The molecule has 2 heteroatoms. The Morgan fingerprint density at radius 1 is 0.269 bits per heavy atom. The second-order valence-corrected chi connectivity index (χ2v) is 17.8. The highest BCUT2D eigenvalue weighted by Crippen LogP contribution is 2.47. The molecule has 0 unspecified atom stereocenters. The minimum absolute atomic E-state index is 0.988. The first kappa shape index (κ1) is 37.5. The second kappa shape index (κ2) is 14.9. The predicted molar refractivity (Wildman–Crippen MR) is 285 cm³/mol. The minimum atomic E-state index is 0.988. The molecule has 0 aliphatic heterocycles. The highest BCUT2D eigenvalue weighted by molar-refractivity contribution is 6.29. The summed E-state index contributed by atoms with van der Waals surface area (Å²) in [5.74, 6) is 0. The summed E-state index contributed by atoms with van der Waals surface area (Å²) in [4.78, 5) is 5.42. The number of nitrogens with zero attached hydrogens (tertiary/aromatic N) is 2. The molecule has 2 nitrogen and oxygen atoms in total. The molecule has 0 atom stereocenters. The van der Waals surface area contributed by atoms with Crippen LogP contribution in [0.5, 0.6) is 0 Å². The van der Waals surface area contributed by atoms with Crippen molar-refractivity contribution in [2.24, 2.45) is 0 Å². The molecule has 0 spiro atoms. The Balaban J connectivity index is 0.971. The van der Waals surface area contributed by atoms with Gasteiger partial charge in [0.15, 0.2) is 0 Å². The summed E-state index contributed by atoms with van der Waals surface area (Å²) in [5, 5.41) is 16.0. The van der Waals surface area contributed by atoms with Gasteiger partial charge in [-0.15, -0.1) is 0 Å². The molecule has 0 fully saturated rings. The summed E-state index contributed by atoms with van der Waals surface area (Å²) in [6.45, 7) is 0. The molecule has 2 heterocycles. The third-order valence-corrected chi connectivity index (χ3v) is 14.1. The van der Waals surface area contributed by atoms with Crippen LogP contribution in [0.4, 0.5) is 0 Å². The normalized spacial score (nSPS) is 11.9. The van der Waals surface area contributed by atoms with E-state index in [-0.39, 0.29) is 0 Å². The molecule has 14 rings (SSSR count). The maximum absolute atomic E-state index is 5.42. The van der Waals surface area contributed by atoms with Crippen LogP contribution in [0.25, 0.3) is 137 Å². The molecule has 0 bridgehead atoms. The lowest BCUT2D eigenvalue weighted by atomic mass is 9.84. The van der Waals surface area contributed by atoms with E-state index in [2.05, 4.69) is 247 Å². The molecule has 310 valence electrons. The molecular formula is C65H40N2. The Morgan fingerprint density at radius 2 is 0.776 bits per heavy atom. The standard InChI is InChI=1S/C65H40N2/c1-2-18-50(19-3-1)67-59-25-13-11-23-55(59)64-60(67)37-36-56-63(64)54-22-10-12-24-58(54)66-65(56)44-30-26-43(27-31-44)47-34-35-53-57(40-47)62(49-33-29-42-15-5-7-17-46(42)39-49)52-21-9-8-20-51(52)61(53)48-32-28-41-14-4-6-16-45(41)38-48/h1-40H. The molecule has 12 aromatic carbocycles. The van der Waals surface area contributed by atoms with Crippen molar-refractivity contribution in [1.29, 1.82) is 0 Å². The van der Waals surface area contributed by atoms with E-state index in [0.29, 0.717) is 0 Å². The summed E-state index contributed by atoms with van der Waals surface area (Å²) in [5.41, 5.74) is 13.9. The van der Waals surface area contributed by atoms with Crippen molar-refractivity contribution < 1.29 is 0 Å².